The van der Waals surface area contributed by atoms with Gasteiger partial charge in [-0.25, -0.2) is 0 Å². The molecule has 3 nitrogen and oxygen atoms in total. The summed E-state index contributed by atoms with van der Waals surface area (Å²) in [6.07, 6.45) is 0. The SMILES string of the molecule is Cc1nn(C)c2c(Cl)c(CN)ccc12. The van der Waals surface area contributed by atoms with Crippen molar-refractivity contribution in [2.75, 3.05) is 0 Å². The molecule has 0 amide bonds. The third-order valence-electron chi connectivity index (χ3n) is 2.43. The lowest BCUT2D eigenvalue weighted by Gasteiger charge is -2.03. The van der Waals surface area contributed by atoms with E-state index in [1.165, 1.54) is 0 Å². The van der Waals surface area contributed by atoms with Crippen LogP contribution >= 0.6 is 11.6 Å². The number of aromatic nitrogens is 2. The van der Waals surface area contributed by atoms with Gasteiger partial charge >= 0.3 is 0 Å². The van der Waals surface area contributed by atoms with Crippen LogP contribution in [-0.4, -0.2) is 9.78 Å². The largest absolute Gasteiger partial charge is 0.326 e. The van der Waals surface area contributed by atoms with Crippen LogP contribution in [0, 0.1) is 6.92 Å². The van der Waals surface area contributed by atoms with Crippen LogP contribution in [-0.2, 0) is 13.6 Å². The van der Waals surface area contributed by atoms with Gasteiger partial charge in [-0.3, -0.25) is 4.68 Å². The molecular weight excluding hydrogens is 198 g/mol. The van der Waals surface area contributed by atoms with Gasteiger partial charge in [0, 0.05) is 19.0 Å². The Morgan fingerprint density at radius 3 is 2.86 bits per heavy atom. The molecule has 0 radical (unpaired) electrons. The molecule has 0 saturated heterocycles. The lowest BCUT2D eigenvalue weighted by atomic mass is 10.1. The molecule has 2 aromatic rings. The van der Waals surface area contributed by atoms with Crippen molar-refractivity contribution in [2.45, 2.75) is 13.5 Å². The normalized spacial score (nSPS) is 11.1. The number of nitrogens with two attached hydrogens (primary N) is 1. The highest BCUT2D eigenvalue weighted by Crippen LogP contribution is 2.28. The summed E-state index contributed by atoms with van der Waals surface area (Å²) in [5, 5.41) is 6.13. The first-order chi connectivity index (χ1) is 6.65. The summed E-state index contributed by atoms with van der Waals surface area (Å²) in [5.41, 5.74) is 8.50. The minimum Gasteiger partial charge on any atom is -0.326 e. The van der Waals surface area contributed by atoms with Crippen LogP contribution in [0.15, 0.2) is 12.1 Å². The lowest BCUT2D eigenvalue weighted by Crippen LogP contribution is -1.98. The Balaban J connectivity index is 2.87. The van der Waals surface area contributed by atoms with E-state index in [0.717, 1.165) is 22.2 Å². The molecule has 0 spiro atoms. The van der Waals surface area contributed by atoms with Crippen LogP contribution in [0.2, 0.25) is 5.02 Å². The maximum atomic E-state index is 6.22. The van der Waals surface area contributed by atoms with Crippen LogP contribution in [0.5, 0.6) is 0 Å². The molecule has 1 aromatic carbocycles. The van der Waals surface area contributed by atoms with Gasteiger partial charge in [-0.15, -0.1) is 0 Å². The van der Waals surface area contributed by atoms with Crippen molar-refractivity contribution in [2.24, 2.45) is 12.8 Å². The molecule has 0 unspecified atom stereocenters. The monoisotopic (exact) mass is 209 g/mol. The van der Waals surface area contributed by atoms with Crippen molar-refractivity contribution in [3.8, 4) is 0 Å². The molecule has 74 valence electrons. The first kappa shape index (κ1) is 9.49. The lowest BCUT2D eigenvalue weighted by molar-refractivity contribution is 0.783. The quantitative estimate of drug-likeness (QED) is 0.781. The molecule has 0 atom stereocenters. The standard InChI is InChI=1S/C10H12ClN3/c1-6-8-4-3-7(5-12)9(11)10(8)14(2)13-6/h3-4H,5,12H2,1-2H3. The first-order valence-electron chi connectivity index (χ1n) is 4.46. The summed E-state index contributed by atoms with van der Waals surface area (Å²) in [7, 11) is 1.89. The zero-order valence-corrected chi connectivity index (χ0v) is 8.97. The zero-order valence-electron chi connectivity index (χ0n) is 8.21. The van der Waals surface area contributed by atoms with E-state index in [2.05, 4.69) is 5.10 Å². The van der Waals surface area contributed by atoms with Gasteiger partial charge in [0.15, 0.2) is 0 Å². The van der Waals surface area contributed by atoms with E-state index in [1.807, 2.05) is 26.1 Å². The molecular formula is C10H12ClN3. The van der Waals surface area contributed by atoms with Crippen molar-refractivity contribution in [1.82, 2.24) is 9.78 Å². The summed E-state index contributed by atoms with van der Waals surface area (Å²) < 4.78 is 1.80. The molecule has 1 heterocycles. The van der Waals surface area contributed by atoms with Gasteiger partial charge in [0.2, 0.25) is 0 Å². The van der Waals surface area contributed by atoms with Crippen molar-refractivity contribution >= 4 is 22.5 Å². The molecule has 4 heteroatoms. The van der Waals surface area contributed by atoms with Crippen LogP contribution < -0.4 is 5.73 Å². The first-order valence-corrected chi connectivity index (χ1v) is 4.83. The number of hydrogen-bond acceptors (Lipinski definition) is 2. The molecule has 0 aliphatic heterocycles. The van der Waals surface area contributed by atoms with E-state index < -0.39 is 0 Å². The van der Waals surface area contributed by atoms with E-state index in [1.54, 1.807) is 4.68 Å². The van der Waals surface area contributed by atoms with Crippen LogP contribution in [0.1, 0.15) is 11.3 Å². The molecule has 0 aliphatic rings. The Bertz CT molecular complexity index is 488. The second kappa shape index (κ2) is 3.26. The van der Waals surface area contributed by atoms with Gasteiger partial charge < -0.3 is 5.73 Å². The number of fused-ring (bicyclic) bond motifs is 1. The highest BCUT2D eigenvalue weighted by atomic mass is 35.5. The van der Waals surface area contributed by atoms with E-state index in [0.29, 0.717) is 11.6 Å². The second-order valence-corrected chi connectivity index (χ2v) is 3.73. The fourth-order valence-corrected chi connectivity index (χ4v) is 2.07. The fourth-order valence-electron chi connectivity index (χ4n) is 1.70. The molecule has 2 rings (SSSR count). The smallest absolute Gasteiger partial charge is 0.0871 e. The maximum Gasteiger partial charge on any atom is 0.0871 e. The van der Waals surface area contributed by atoms with Crippen LogP contribution in [0.4, 0.5) is 0 Å². The number of aryl methyl sites for hydroxylation is 2. The average Bonchev–Trinajstić information content (AvgIpc) is 2.44. The predicted octanol–water partition coefficient (Wildman–Crippen LogP) is 1.99. The molecule has 0 aliphatic carbocycles. The Kier molecular flexibility index (Phi) is 2.21. The minimum absolute atomic E-state index is 0.457. The van der Waals surface area contributed by atoms with Crippen molar-refractivity contribution < 1.29 is 0 Å². The number of rotatable bonds is 1. The Hall–Kier alpha value is -1.06. The van der Waals surface area contributed by atoms with Gasteiger partial charge in [0.25, 0.3) is 0 Å². The van der Waals surface area contributed by atoms with E-state index >= 15 is 0 Å². The van der Waals surface area contributed by atoms with Crippen LogP contribution in [0.3, 0.4) is 0 Å². The maximum absolute atomic E-state index is 6.22. The molecule has 0 saturated carbocycles. The Labute approximate surface area is 87.5 Å². The zero-order chi connectivity index (χ0) is 10.3. The van der Waals surface area contributed by atoms with Crippen LogP contribution in [0.25, 0.3) is 10.9 Å². The second-order valence-electron chi connectivity index (χ2n) is 3.35. The van der Waals surface area contributed by atoms with E-state index in [9.17, 15) is 0 Å². The number of nitrogens with zero attached hydrogens (tertiary/aromatic N) is 2. The number of halogens is 1. The summed E-state index contributed by atoms with van der Waals surface area (Å²) >= 11 is 6.22. The minimum atomic E-state index is 0.457. The van der Waals surface area contributed by atoms with E-state index in [-0.39, 0.29) is 0 Å². The average molecular weight is 210 g/mol. The summed E-state index contributed by atoms with van der Waals surface area (Å²) in [6.45, 7) is 2.43. The van der Waals surface area contributed by atoms with Crippen molar-refractivity contribution in [3.05, 3.63) is 28.4 Å². The summed E-state index contributed by atoms with van der Waals surface area (Å²) in [6, 6.07) is 3.98. The molecule has 1 aromatic heterocycles. The van der Waals surface area contributed by atoms with Crippen molar-refractivity contribution in [1.29, 1.82) is 0 Å². The predicted molar refractivity (Wildman–Crippen MR) is 58.4 cm³/mol. The Morgan fingerprint density at radius 2 is 2.21 bits per heavy atom. The fraction of sp³-hybridized carbons (Fsp3) is 0.300. The third-order valence-corrected chi connectivity index (χ3v) is 2.85. The molecule has 0 fully saturated rings. The topological polar surface area (TPSA) is 43.8 Å². The summed E-state index contributed by atoms with van der Waals surface area (Å²) in [5.74, 6) is 0. The number of benzene rings is 1. The highest BCUT2D eigenvalue weighted by Gasteiger charge is 2.10. The number of hydrogen-bond donors (Lipinski definition) is 1. The van der Waals surface area contributed by atoms with Gasteiger partial charge in [0.05, 0.1) is 16.2 Å². The highest BCUT2D eigenvalue weighted by molar-refractivity contribution is 6.36. The third kappa shape index (κ3) is 1.21. The van der Waals surface area contributed by atoms with Gasteiger partial charge in [-0.2, -0.15) is 5.10 Å². The van der Waals surface area contributed by atoms with Gasteiger partial charge in [-0.1, -0.05) is 23.7 Å². The van der Waals surface area contributed by atoms with Crippen molar-refractivity contribution in [3.63, 3.8) is 0 Å². The molecule has 0 bridgehead atoms. The summed E-state index contributed by atoms with van der Waals surface area (Å²) in [4.78, 5) is 0. The molecule has 2 N–H and O–H groups in total. The Morgan fingerprint density at radius 1 is 1.50 bits per heavy atom. The van der Waals surface area contributed by atoms with E-state index in [4.69, 9.17) is 17.3 Å². The van der Waals surface area contributed by atoms with Gasteiger partial charge in [0.1, 0.15) is 0 Å². The molecule has 14 heavy (non-hydrogen) atoms. The van der Waals surface area contributed by atoms with Gasteiger partial charge in [-0.05, 0) is 12.5 Å².